The van der Waals surface area contributed by atoms with Crippen molar-refractivity contribution in [2.24, 2.45) is 7.05 Å². The monoisotopic (exact) mass is 342 g/mol. The molecule has 0 bridgehead atoms. The van der Waals surface area contributed by atoms with Gasteiger partial charge in [-0.05, 0) is 17.7 Å². The molecule has 3 aromatic rings. The van der Waals surface area contributed by atoms with Crippen molar-refractivity contribution >= 4 is 11.7 Å². The second-order valence-corrected chi connectivity index (χ2v) is 5.46. The standard InChI is InChI=1S/C18H16F2N4O/c1-24-10-9-21-17(24)16(12-5-3-2-4-6-12)23-18(25)22-15-8-7-13(19)11-14(15)20/h2-11,16H,1H3,(H2,22,23,25)/t16-/m1/s1. The number of amides is 2. The zero-order chi connectivity index (χ0) is 17.8. The predicted molar refractivity (Wildman–Crippen MR) is 90.0 cm³/mol. The normalized spacial score (nSPS) is 11.8. The van der Waals surface area contributed by atoms with Gasteiger partial charge < -0.3 is 15.2 Å². The van der Waals surface area contributed by atoms with Gasteiger partial charge in [0.15, 0.2) is 0 Å². The molecule has 1 heterocycles. The van der Waals surface area contributed by atoms with Gasteiger partial charge in [-0.25, -0.2) is 18.6 Å². The Bertz CT molecular complexity index is 880. The number of carbonyl (C=O) groups is 1. The number of nitrogens with one attached hydrogen (secondary N) is 2. The molecule has 1 atom stereocenters. The minimum atomic E-state index is -0.844. The van der Waals surface area contributed by atoms with Crippen LogP contribution in [0, 0.1) is 11.6 Å². The lowest BCUT2D eigenvalue weighted by atomic mass is 10.1. The third-order valence-electron chi connectivity index (χ3n) is 3.70. The number of imidazole rings is 1. The summed E-state index contributed by atoms with van der Waals surface area (Å²) in [6.07, 6.45) is 3.40. The second-order valence-electron chi connectivity index (χ2n) is 5.46. The number of aromatic nitrogens is 2. The van der Waals surface area contributed by atoms with Gasteiger partial charge in [0, 0.05) is 25.5 Å². The summed E-state index contributed by atoms with van der Waals surface area (Å²) < 4.78 is 28.5. The molecule has 0 spiro atoms. The lowest BCUT2D eigenvalue weighted by molar-refractivity contribution is 0.249. The molecule has 0 saturated heterocycles. The van der Waals surface area contributed by atoms with Gasteiger partial charge in [-0.2, -0.15) is 0 Å². The third kappa shape index (κ3) is 3.82. The van der Waals surface area contributed by atoms with Gasteiger partial charge in [-0.15, -0.1) is 0 Å². The van der Waals surface area contributed by atoms with E-state index in [0.29, 0.717) is 11.9 Å². The Labute approximate surface area is 143 Å². The van der Waals surface area contributed by atoms with Gasteiger partial charge in [0.1, 0.15) is 23.5 Å². The molecule has 2 aromatic carbocycles. The highest BCUT2D eigenvalue weighted by atomic mass is 19.1. The topological polar surface area (TPSA) is 59.0 Å². The largest absolute Gasteiger partial charge is 0.336 e. The molecule has 0 saturated carbocycles. The maximum Gasteiger partial charge on any atom is 0.320 e. The van der Waals surface area contributed by atoms with Crippen LogP contribution in [0.15, 0.2) is 60.9 Å². The van der Waals surface area contributed by atoms with Crippen molar-refractivity contribution in [3.05, 3.63) is 83.9 Å². The lowest BCUT2D eigenvalue weighted by Crippen LogP contribution is -2.34. The van der Waals surface area contributed by atoms with E-state index in [-0.39, 0.29) is 5.69 Å². The van der Waals surface area contributed by atoms with Crippen LogP contribution in [0.1, 0.15) is 17.4 Å². The number of urea groups is 1. The smallest absolute Gasteiger partial charge is 0.320 e. The zero-order valence-electron chi connectivity index (χ0n) is 13.4. The van der Waals surface area contributed by atoms with Crippen LogP contribution in [0.3, 0.4) is 0 Å². The maximum atomic E-state index is 13.7. The molecule has 25 heavy (non-hydrogen) atoms. The number of rotatable bonds is 4. The van der Waals surface area contributed by atoms with Crippen LogP contribution in [0.5, 0.6) is 0 Å². The average molecular weight is 342 g/mol. The van der Waals surface area contributed by atoms with E-state index in [1.54, 1.807) is 17.0 Å². The van der Waals surface area contributed by atoms with Gasteiger partial charge in [0.25, 0.3) is 0 Å². The fourth-order valence-corrected chi connectivity index (χ4v) is 2.48. The van der Waals surface area contributed by atoms with Crippen LogP contribution >= 0.6 is 0 Å². The number of benzene rings is 2. The molecule has 0 aliphatic heterocycles. The Hall–Kier alpha value is -3.22. The van der Waals surface area contributed by atoms with Gasteiger partial charge in [-0.1, -0.05) is 30.3 Å². The van der Waals surface area contributed by atoms with Crippen molar-refractivity contribution in [2.75, 3.05) is 5.32 Å². The first-order valence-electron chi connectivity index (χ1n) is 7.59. The fourth-order valence-electron chi connectivity index (χ4n) is 2.48. The minimum Gasteiger partial charge on any atom is -0.336 e. The Morgan fingerprint density at radius 3 is 2.56 bits per heavy atom. The minimum absolute atomic E-state index is 0.106. The van der Waals surface area contributed by atoms with Crippen molar-refractivity contribution < 1.29 is 13.6 Å². The van der Waals surface area contributed by atoms with Crippen LogP contribution in [0.4, 0.5) is 19.3 Å². The summed E-state index contributed by atoms with van der Waals surface area (Å²) in [5.41, 5.74) is 0.720. The molecule has 5 nitrogen and oxygen atoms in total. The van der Waals surface area contributed by atoms with E-state index in [2.05, 4.69) is 15.6 Å². The number of halogens is 2. The van der Waals surface area contributed by atoms with E-state index in [1.807, 2.05) is 37.4 Å². The van der Waals surface area contributed by atoms with E-state index in [9.17, 15) is 13.6 Å². The molecular formula is C18H16F2N4O. The number of hydrogen-bond donors (Lipinski definition) is 2. The first kappa shape index (κ1) is 16.6. The summed E-state index contributed by atoms with van der Waals surface area (Å²) in [6.45, 7) is 0. The van der Waals surface area contributed by atoms with E-state index in [0.717, 1.165) is 11.6 Å². The number of aryl methyl sites for hydroxylation is 1. The second kappa shape index (κ2) is 7.12. The third-order valence-corrected chi connectivity index (χ3v) is 3.70. The number of nitrogens with zero attached hydrogens (tertiary/aromatic N) is 2. The van der Waals surface area contributed by atoms with Crippen molar-refractivity contribution in [2.45, 2.75) is 6.04 Å². The van der Waals surface area contributed by atoms with Crippen molar-refractivity contribution in [3.63, 3.8) is 0 Å². The predicted octanol–water partition coefficient (Wildman–Crippen LogP) is 3.61. The summed E-state index contributed by atoms with van der Waals surface area (Å²) in [6, 6.07) is 11.1. The van der Waals surface area contributed by atoms with E-state index < -0.39 is 23.7 Å². The number of hydrogen-bond acceptors (Lipinski definition) is 2. The van der Waals surface area contributed by atoms with E-state index >= 15 is 0 Å². The fraction of sp³-hybridized carbons (Fsp3) is 0.111. The van der Waals surface area contributed by atoms with Gasteiger partial charge in [0.05, 0.1) is 5.69 Å². The van der Waals surface area contributed by atoms with E-state index in [4.69, 9.17) is 0 Å². The molecule has 0 unspecified atom stereocenters. The van der Waals surface area contributed by atoms with E-state index in [1.165, 1.54) is 6.07 Å². The molecule has 128 valence electrons. The molecular weight excluding hydrogens is 326 g/mol. The van der Waals surface area contributed by atoms with Gasteiger partial charge in [0.2, 0.25) is 0 Å². The zero-order valence-corrected chi connectivity index (χ0v) is 13.4. The molecule has 2 N–H and O–H groups in total. The van der Waals surface area contributed by atoms with Crippen molar-refractivity contribution in [1.82, 2.24) is 14.9 Å². The first-order chi connectivity index (χ1) is 12.0. The number of carbonyl (C=O) groups excluding carboxylic acids is 1. The highest BCUT2D eigenvalue weighted by molar-refractivity contribution is 5.89. The van der Waals surface area contributed by atoms with Crippen LogP contribution in [0.2, 0.25) is 0 Å². The van der Waals surface area contributed by atoms with Crippen LogP contribution in [0.25, 0.3) is 0 Å². The van der Waals surface area contributed by atoms with Crippen LogP contribution < -0.4 is 10.6 Å². The molecule has 2 amide bonds. The summed E-state index contributed by atoms with van der Waals surface area (Å²) in [5, 5.41) is 5.16. The van der Waals surface area contributed by atoms with Gasteiger partial charge in [-0.3, -0.25) is 0 Å². The van der Waals surface area contributed by atoms with Crippen molar-refractivity contribution in [3.8, 4) is 0 Å². The summed E-state index contributed by atoms with van der Waals surface area (Å²) >= 11 is 0. The quantitative estimate of drug-likeness (QED) is 0.761. The summed E-state index contributed by atoms with van der Waals surface area (Å²) in [7, 11) is 1.82. The Balaban J connectivity index is 1.83. The maximum absolute atomic E-state index is 13.7. The van der Waals surface area contributed by atoms with Crippen LogP contribution in [-0.2, 0) is 7.05 Å². The highest BCUT2D eigenvalue weighted by Crippen LogP contribution is 2.21. The Morgan fingerprint density at radius 2 is 1.92 bits per heavy atom. The molecule has 0 aliphatic carbocycles. The molecule has 0 aliphatic rings. The highest BCUT2D eigenvalue weighted by Gasteiger charge is 2.21. The van der Waals surface area contributed by atoms with Gasteiger partial charge >= 0.3 is 6.03 Å². The first-order valence-corrected chi connectivity index (χ1v) is 7.59. The number of anilines is 1. The summed E-state index contributed by atoms with van der Waals surface area (Å²) in [5.74, 6) is -0.928. The average Bonchev–Trinajstić information content (AvgIpc) is 3.02. The summed E-state index contributed by atoms with van der Waals surface area (Å²) in [4.78, 5) is 16.6. The Morgan fingerprint density at radius 1 is 1.16 bits per heavy atom. The van der Waals surface area contributed by atoms with Crippen LogP contribution in [-0.4, -0.2) is 15.6 Å². The molecule has 1 aromatic heterocycles. The Kier molecular flexibility index (Phi) is 4.74. The molecule has 3 rings (SSSR count). The lowest BCUT2D eigenvalue weighted by Gasteiger charge is -2.19. The molecule has 0 radical (unpaired) electrons. The van der Waals surface area contributed by atoms with Crippen molar-refractivity contribution in [1.29, 1.82) is 0 Å². The molecule has 0 fully saturated rings. The SMILES string of the molecule is Cn1ccnc1[C@H](NC(=O)Nc1ccc(F)cc1F)c1ccccc1. The molecule has 7 heteroatoms.